The zero-order valence-corrected chi connectivity index (χ0v) is 22.2. The van der Waals surface area contributed by atoms with Crippen LogP contribution < -0.4 is 9.47 Å². The van der Waals surface area contributed by atoms with Crippen molar-refractivity contribution >= 4 is 50.5 Å². The summed E-state index contributed by atoms with van der Waals surface area (Å²) in [7, 11) is -2.47. The van der Waals surface area contributed by atoms with Crippen molar-refractivity contribution in [3.05, 3.63) is 107 Å². The van der Waals surface area contributed by atoms with Crippen molar-refractivity contribution in [2.45, 2.75) is 11.5 Å². The van der Waals surface area contributed by atoms with E-state index >= 15 is 0 Å². The number of halogens is 1. The Labute approximate surface area is 225 Å². The van der Waals surface area contributed by atoms with E-state index in [9.17, 15) is 13.2 Å². The first-order valence-electron chi connectivity index (χ1n) is 11.1. The summed E-state index contributed by atoms with van der Waals surface area (Å²) < 4.78 is 40.9. The highest BCUT2D eigenvalue weighted by Gasteiger charge is 2.34. The van der Waals surface area contributed by atoms with Gasteiger partial charge in [0.2, 0.25) is 0 Å². The predicted molar refractivity (Wildman–Crippen MR) is 147 cm³/mol. The van der Waals surface area contributed by atoms with Crippen molar-refractivity contribution in [3.63, 3.8) is 0 Å². The molecule has 0 aromatic heterocycles. The molecule has 0 N–H and O–H groups in total. The molecule has 0 bridgehead atoms. The van der Waals surface area contributed by atoms with E-state index in [4.69, 9.17) is 21.1 Å². The Morgan fingerprint density at radius 3 is 2.49 bits per heavy atom. The largest absolute Gasteiger partial charge is 0.493 e. The third-order valence-electron chi connectivity index (χ3n) is 5.27. The van der Waals surface area contributed by atoms with Crippen LogP contribution in [0.3, 0.4) is 0 Å². The molecular weight excluding hydrogens is 532 g/mol. The molecule has 1 amide bonds. The van der Waals surface area contributed by atoms with Gasteiger partial charge in [0.15, 0.2) is 16.7 Å². The average molecular weight is 555 g/mol. The van der Waals surface area contributed by atoms with Gasteiger partial charge in [-0.05, 0) is 53.7 Å². The number of hydrogen-bond donors (Lipinski definition) is 0. The van der Waals surface area contributed by atoms with E-state index in [1.54, 1.807) is 48.5 Å². The van der Waals surface area contributed by atoms with Crippen LogP contribution in [0.2, 0.25) is 5.02 Å². The van der Waals surface area contributed by atoms with E-state index in [2.05, 4.69) is 11.0 Å². The summed E-state index contributed by atoms with van der Waals surface area (Å²) >= 11 is 7.19. The molecule has 0 spiro atoms. The average Bonchev–Trinajstić information content (AvgIpc) is 3.17. The number of sulfonamides is 1. The van der Waals surface area contributed by atoms with Gasteiger partial charge in [0.25, 0.3) is 15.9 Å². The summed E-state index contributed by atoms with van der Waals surface area (Å²) in [5, 5.41) is 0.669. The van der Waals surface area contributed by atoms with Crippen LogP contribution in [0.25, 0.3) is 6.08 Å². The molecule has 1 aliphatic rings. The van der Waals surface area contributed by atoms with E-state index in [0.29, 0.717) is 27.0 Å². The Morgan fingerprint density at radius 2 is 1.78 bits per heavy atom. The molecule has 1 fully saturated rings. The van der Waals surface area contributed by atoms with E-state index in [1.807, 2.05) is 18.2 Å². The van der Waals surface area contributed by atoms with Crippen molar-refractivity contribution in [2.75, 3.05) is 13.7 Å². The minimum Gasteiger partial charge on any atom is -0.493 e. The molecule has 10 heteroatoms. The molecule has 1 aliphatic heterocycles. The minimum absolute atomic E-state index is 0.0450. The smallest absolute Gasteiger partial charge is 0.284 e. The van der Waals surface area contributed by atoms with Gasteiger partial charge in [-0.2, -0.15) is 8.42 Å². The maximum Gasteiger partial charge on any atom is 0.284 e. The minimum atomic E-state index is -4.00. The predicted octanol–water partition coefficient (Wildman–Crippen LogP) is 5.77. The molecule has 0 atom stereocenters. The van der Waals surface area contributed by atoms with Gasteiger partial charge in [-0.3, -0.25) is 9.69 Å². The highest BCUT2D eigenvalue weighted by Crippen LogP contribution is 2.36. The van der Waals surface area contributed by atoms with Gasteiger partial charge in [-0.15, -0.1) is 11.0 Å². The molecule has 0 unspecified atom stereocenters. The van der Waals surface area contributed by atoms with Gasteiger partial charge in [0.1, 0.15) is 6.61 Å². The van der Waals surface area contributed by atoms with Crippen LogP contribution in [0.1, 0.15) is 11.1 Å². The van der Waals surface area contributed by atoms with E-state index in [-0.39, 0.29) is 29.1 Å². The normalized spacial score (nSPS) is 15.8. The van der Waals surface area contributed by atoms with Gasteiger partial charge < -0.3 is 9.47 Å². The van der Waals surface area contributed by atoms with E-state index < -0.39 is 10.0 Å². The van der Waals surface area contributed by atoms with Crippen LogP contribution in [-0.2, 0) is 21.4 Å². The molecule has 0 radical (unpaired) electrons. The lowest BCUT2D eigenvalue weighted by atomic mass is 10.1. The fraction of sp³-hybridized carbons (Fsp3) is 0.111. The number of hydrogen-bond acceptors (Lipinski definition) is 6. The molecule has 3 aromatic carbocycles. The zero-order chi connectivity index (χ0) is 26.4. The van der Waals surface area contributed by atoms with Crippen molar-refractivity contribution in [1.29, 1.82) is 0 Å². The van der Waals surface area contributed by atoms with Crippen LogP contribution >= 0.6 is 23.4 Å². The molecular formula is C27H23ClN2O5S2. The fourth-order valence-electron chi connectivity index (χ4n) is 3.43. The quantitative estimate of drug-likeness (QED) is 0.246. The highest BCUT2D eigenvalue weighted by atomic mass is 35.5. The second-order valence-electron chi connectivity index (χ2n) is 7.77. The standard InChI is InChI=1S/C27H23ClN2O5S2/c1-3-15-30-26(31)25(36-27(30)29-37(32,33)21-10-5-4-6-11-21)17-19-13-14-23(24(16-19)34-2)35-18-20-9-7-8-12-22(20)28/h3-14,16-17H,1,15,18H2,2H3. The van der Waals surface area contributed by atoms with Gasteiger partial charge in [0, 0.05) is 17.1 Å². The number of methoxy groups -OCH3 is 1. The molecule has 0 saturated carbocycles. The summed E-state index contributed by atoms with van der Waals surface area (Å²) in [6.45, 7) is 4.04. The molecule has 4 rings (SSSR count). The molecule has 190 valence electrons. The summed E-state index contributed by atoms with van der Waals surface area (Å²) in [6, 6.07) is 20.5. The Kier molecular flexibility index (Phi) is 8.38. The summed E-state index contributed by atoms with van der Waals surface area (Å²) in [5.41, 5.74) is 1.51. The van der Waals surface area contributed by atoms with Crippen LogP contribution in [0, 0.1) is 0 Å². The monoisotopic (exact) mass is 554 g/mol. The van der Waals surface area contributed by atoms with Crippen molar-refractivity contribution < 1.29 is 22.7 Å². The van der Waals surface area contributed by atoms with Crippen molar-refractivity contribution in [1.82, 2.24) is 4.90 Å². The maximum absolute atomic E-state index is 13.1. The summed E-state index contributed by atoms with van der Waals surface area (Å²) in [6.07, 6.45) is 3.17. The Hall–Kier alpha value is -3.53. The number of carbonyl (C=O) groups excluding carboxylic acids is 1. The van der Waals surface area contributed by atoms with E-state index in [0.717, 1.165) is 17.3 Å². The van der Waals surface area contributed by atoms with Gasteiger partial charge in [-0.1, -0.05) is 60.1 Å². The van der Waals surface area contributed by atoms with E-state index in [1.165, 1.54) is 30.2 Å². The Morgan fingerprint density at radius 1 is 1.05 bits per heavy atom. The number of carbonyl (C=O) groups is 1. The molecule has 0 aliphatic carbocycles. The molecule has 1 heterocycles. The second-order valence-corrected chi connectivity index (χ2v) is 10.8. The first kappa shape index (κ1) is 26.5. The topological polar surface area (TPSA) is 85.3 Å². The Balaban J connectivity index is 1.59. The summed E-state index contributed by atoms with van der Waals surface area (Å²) in [5.74, 6) is 0.615. The number of thioether (sulfide) groups is 1. The maximum atomic E-state index is 13.1. The van der Waals surface area contributed by atoms with Gasteiger partial charge in [-0.25, -0.2) is 0 Å². The lowest BCUT2D eigenvalue weighted by Crippen LogP contribution is -2.29. The number of amides is 1. The number of nitrogens with zero attached hydrogens (tertiary/aromatic N) is 2. The number of amidine groups is 1. The SMILES string of the molecule is C=CCN1C(=O)C(=Cc2ccc(OCc3ccccc3Cl)c(OC)c2)SC1=NS(=O)(=O)c1ccccc1. The lowest BCUT2D eigenvalue weighted by Gasteiger charge is -2.13. The molecule has 3 aromatic rings. The van der Waals surface area contributed by atoms with Crippen LogP contribution in [-0.4, -0.2) is 38.0 Å². The second kappa shape index (κ2) is 11.7. The molecule has 7 nitrogen and oxygen atoms in total. The number of ether oxygens (including phenoxy) is 2. The third-order valence-corrected chi connectivity index (χ3v) is 8.04. The number of benzene rings is 3. The molecule has 1 saturated heterocycles. The van der Waals surface area contributed by atoms with Crippen LogP contribution in [0.5, 0.6) is 11.5 Å². The fourth-order valence-corrected chi connectivity index (χ4v) is 5.83. The first-order chi connectivity index (χ1) is 17.8. The van der Waals surface area contributed by atoms with Gasteiger partial charge in [0.05, 0.1) is 16.9 Å². The van der Waals surface area contributed by atoms with Crippen molar-refractivity contribution in [3.8, 4) is 11.5 Å². The first-order valence-corrected chi connectivity index (χ1v) is 13.7. The van der Waals surface area contributed by atoms with Crippen LogP contribution in [0.4, 0.5) is 0 Å². The third kappa shape index (κ3) is 6.25. The van der Waals surface area contributed by atoms with Crippen LogP contribution in [0.15, 0.2) is 99.6 Å². The van der Waals surface area contributed by atoms with Crippen molar-refractivity contribution in [2.24, 2.45) is 4.40 Å². The summed E-state index contributed by atoms with van der Waals surface area (Å²) in [4.78, 5) is 14.7. The van der Waals surface area contributed by atoms with Gasteiger partial charge >= 0.3 is 0 Å². The highest BCUT2D eigenvalue weighted by molar-refractivity contribution is 8.19. The number of rotatable bonds is 9. The zero-order valence-electron chi connectivity index (χ0n) is 19.8. The Bertz CT molecular complexity index is 1490. The molecule has 37 heavy (non-hydrogen) atoms. The lowest BCUT2D eigenvalue weighted by molar-refractivity contribution is -0.121.